The number of rotatable bonds is 4. The summed E-state index contributed by atoms with van der Waals surface area (Å²) < 4.78 is 0. The molecule has 5 nitrogen and oxygen atoms in total. The summed E-state index contributed by atoms with van der Waals surface area (Å²) in [5.74, 6) is 0.763. The highest BCUT2D eigenvalue weighted by Gasteiger charge is 2.29. The van der Waals surface area contributed by atoms with Crippen molar-refractivity contribution in [3.05, 3.63) is 23.0 Å². The lowest BCUT2D eigenvalue weighted by molar-refractivity contribution is -0.138. The summed E-state index contributed by atoms with van der Waals surface area (Å²) in [6.07, 6.45) is 5.78. The number of aryl methyl sites for hydroxylation is 2. The average molecular weight is 331 g/mol. The number of H-pyrrole nitrogens is 1. The predicted molar refractivity (Wildman–Crippen MR) is 94.2 cm³/mol. The van der Waals surface area contributed by atoms with Crippen molar-refractivity contribution in [3.8, 4) is 0 Å². The molecule has 0 radical (unpaired) electrons. The number of hydrogen-bond donors (Lipinski definition) is 1. The van der Waals surface area contributed by atoms with Gasteiger partial charge in [0.2, 0.25) is 5.91 Å². The maximum absolute atomic E-state index is 12.6. The van der Waals surface area contributed by atoms with Crippen molar-refractivity contribution in [3.63, 3.8) is 0 Å². The van der Waals surface area contributed by atoms with Crippen LogP contribution < -0.4 is 0 Å². The third-order valence-electron chi connectivity index (χ3n) is 5.46. The van der Waals surface area contributed by atoms with Crippen LogP contribution in [0, 0.1) is 19.8 Å². The minimum atomic E-state index is 0.170. The Morgan fingerprint density at radius 1 is 1.08 bits per heavy atom. The van der Waals surface area contributed by atoms with E-state index in [1.165, 1.54) is 19.3 Å². The monoisotopic (exact) mass is 331 g/mol. The summed E-state index contributed by atoms with van der Waals surface area (Å²) in [5.41, 5.74) is 2.77. The molecule has 0 aromatic carbocycles. The number of ketones is 1. The first kappa shape index (κ1) is 17.2. The lowest BCUT2D eigenvalue weighted by atomic mass is 9.88. The fourth-order valence-corrected chi connectivity index (χ4v) is 4.04. The summed E-state index contributed by atoms with van der Waals surface area (Å²) in [6, 6.07) is 1.93. The van der Waals surface area contributed by atoms with Crippen LogP contribution >= 0.6 is 0 Å². The summed E-state index contributed by atoms with van der Waals surface area (Å²) in [5, 5.41) is 0. The van der Waals surface area contributed by atoms with Crippen molar-refractivity contribution in [1.82, 2.24) is 14.8 Å². The number of piperazine rings is 1. The van der Waals surface area contributed by atoms with Gasteiger partial charge in [-0.05, 0) is 32.8 Å². The Hall–Kier alpha value is -1.62. The molecule has 1 aromatic heterocycles. The van der Waals surface area contributed by atoms with Crippen LogP contribution in [0.4, 0.5) is 0 Å². The van der Waals surface area contributed by atoms with Gasteiger partial charge in [-0.25, -0.2) is 0 Å². The van der Waals surface area contributed by atoms with Crippen LogP contribution in [-0.2, 0) is 4.79 Å². The van der Waals surface area contributed by atoms with Crippen molar-refractivity contribution >= 4 is 11.7 Å². The highest BCUT2D eigenvalue weighted by Crippen LogP contribution is 2.25. The van der Waals surface area contributed by atoms with Crippen molar-refractivity contribution in [1.29, 1.82) is 0 Å². The van der Waals surface area contributed by atoms with Gasteiger partial charge in [0.05, 0.1) is 6.54 Å². The van der Waals surface area contributed by atoms with E-state index >= 15 is 0 Å². The van der Waals surface area contributed by atoms with Gasteiger partial charge in [-0.2, -0.15) is 0 Å². The molecule has 0 unspecified atom stereocenters. The van der Waals surface area contributed by atoms with Gasteiger partial charge in [0, 0.05) is 49.0 Å². The topological polar surface area (TPSA) is 56.4 Å². The molecule has 0 bridgehead atoms. The highest BCUT2D eigenvalue weighted by molar-refractivity contribution is 5.98. The van der Waals surface area contributed by atoms with Gasteiger partial charge < -0.3 is 9.88 Å². The zero-order chi connectivity index (χ0) is 17.1. The Labute approximate surface area is 144 Å². The number of aromatic nitrogens is 1. The maximum atomic E-state index is 12.6. The number of amides is 1. The molecular formula is C19H29N3O2. The number of carbonyl (C=O) groups excluding carboxylic acids is 2. The number of hydrogen-bond acceptors (Lipinski definition) is 3. The summed E-state index contributed by atoms with van der Waals surface area (Å²) in [7, 11) is 0. The largest absolute Gasteiger partial charge is 0.362 e. The first-order chi connectivity index (χ1) is 11.5. The zero-order valence-corrected chi connectivity index (χ0v) is 14.9. The third kappa shape index (κ3) is 3.89. The quantitative estimate of drug-likeness (QED) is 0.863. The van der Waals surface area contributed by atoms with E-state index in [1.807, 2.05) is 24.8 Å². The summed E-state index contributed by atoms with van der Waals surface area (Å²) in [4.78, 5) is 32.4. The van der Waals surface area contributed by atoms with Crippen LogP contribution in [0.1, 0.15) is 53.8 Å². The smallest absolute Gasteiger partial charge is 0.225 e. The van der Waals surface area contributed by atoms with Crippen LogP contribution in [-0.4, -0.2) is 59.2 Å². The Bertz CT molecular complexity index is 594. The summed E-state index contributed by atoms with van der Waals surface area (Å²) in [6.45, 7) is 7.48. The molecule has 1 N–H and O–H groups in total. The minimum Gasteiger partial charge on any atom is -0.362 e. The van der Waals surface area contributed by atoms with Gasteiger partial charge in [0.1, 0.15) is 0 Å². The molecule has 24 heavy (non-hydrogen) atoms. The highest BCUT2D eigenvalue weighted by atomic mass is 16.2. The van der Waals surface area contributed by atoms with Gasteiger partial charge in [-0.15, -0.1) is 0 Å². The molecular weight excluding hydrogens is 302 g/mol. The van der Waals surface area contributed by atoms with Gasteiger partial charge in [-0.3, -0.25) is 14.5 Å². The number of carbonyl (C=O) groups is 2. The van der Waals surface area contributed by atoms with Crippen LogP contribution in [0.5, 0.6) is 0 Å². The Morgan fingerprint density at radius 2 is 1.75 bits per heavy atom. The lowest BCUT2D eigenvalue weighted by Gasteiger charge is -2.36. The van der Waals surface area contributed by atoms with Crippen LogP contribution in [0.2, 0.25) is 0 Å². The van der Waals surface area contributed by atoms with Gasteiger partial charge in [-0.1, -0.05) is 19.3 Å². The van der Waals surface area contributed by atoms with Crippen LogP contribution in [0.25, 0.3) is 0 Å². The van der Waals surface area contributed by atoms with Gasteiger partial charge in [0.15, 0.2) is 5.78 Å². The van der Waals surface area contributed by atoms with Crippen molar-refractivity contribution in [2.45, 2.75) is 46.0 Å². The van der Waals surface area contributed by atoms with Crippen molar-refractivity contribution in [2.75, 3.05) is 32.7 Å². The Kier molecular flexibility index (Phi) is 5.39. The molecule has 1 amide bonds. The van der Waals surface area contributed by atoms with E-state index in [9.17, 15) is 9.59 Å². The minimum absolute atomic E-state index is 0.170. The van der Waals surface area contributed by atoms with E-state index < -0.39 is 0 Å². The normalized spacial score (nSPS) is 20.3. The lowest BCUT2D eigenvalue weighted by Crippen LogP contribution is -2.51. The summed E-state index contributed by atoms with van der Waals surface area (Å²) >= 11 is 0. The third-order valence-corrected chi connectivity index (χ3v) is 5.46. The second kappa shape index (κ2) is 7.51. The molecule has 1 aliphatic carbocycles. The molecule has 2 fully saturated rings. The van der Waals surface area contributed by atoms with Gasteiger partial charge >= 0.3 is 0 Å². The molecule has 2 aliphatic rings. The Morgan fingerprint density at radius 3 is 2.33 bits per heavy atom. The Balaban J connectivity index is 1.49. The fourth-order valence-electron chi connectivity index (χ4n) is 4.04. The standard InChI is InChI=1S/C19H29N3O2/c1-14-12-17(15(2)20-14)18(23)13-21-8-10-22(11-9-21)19(24)16-6-4-3-5-7-16/h12,16,20H,3-11,13H2,1-2H3. The number of Topliss-reactive ketones (excluding diaryl/α,β-unsaturated/α-hetero) is 1. The average Bonchev–Trinajstić information content (AvgIpc) is 2.94. The maximum Gasteiger partial charge on any atom is 0.225 e. The van der Waals surface area contributed by atoms with Crippen LogP contribution in [0.15, 0.2) is 6.07 Å². The first-order valence-corrected chi connectivity index (χ1v) is 9.25. The van der Waals surface area contributed by atoms with Crippen molar-refractivity contribution in [2.24, 2.45) is 5.92 Å². The number of nitrogens with zero attached hydrogens (tertiary/aromatic N) is 2. The first-order valence-electron chi connectivity index (χ1n) is 9.25. The van der Waals surface area contributed by atoms with Crippen LogP contribution in [0.3, 0.4) is 0 Å². The van der Waals surface area contributed by atoms with E-state index in [4.69, 9.17) is 0 Å². The van der Waals surface area contributed by atoms with E-state index in [-0.39, 0.29) is 11.7 Å². The van der Waals surface area contributed by atoms with E-state index in [1.54, 1.807) is 0 Å². The SMILES string of the molecule is Cc1cc(C(=O)CN2CCN(C(=O)C3CCCCC3)CC2)c(C)[nH]1. The molecule has 2 heterocycles. The molecule has 1 saturated heterocycles. The molecule has 1 aliphatic heterocycles. The van der Waals surface area contributed by atoms with Crippen molar-refractivity contribution < 1.29 is 9.59 Å². The van der Waals surface area contributed by atoms with E-state index in [0.717, 1.165) is 56.0 Å². The molecule has 1 aromatic rings. The molecule has 3 rings (SSSR count). The molecule has 5 heteroatoms. The zero-order valence-electron chi connectivity index (χ0n) is 14.9. The molecule has 1 saturated carbocycles. The second-order valence-corrected chi connectivity index (χ2v) is 7.35. The van der Waals surface area contributed by atoms with E-state index in [0.29, 0.717) is 12.5 Å². The fraction of sp³-hybridized carbons (Fsp3) is 0.684. The molecule has 0 atom stereocenters. The number of nitrogens with one attached hydrogen (secondary N) is 1. The van der Waals surface area contributed by atoms with E-state index in [2.05, 4.69) is 9.88 Å². The predicted octanol–water partition coefficient (Wildman–Crippen LogP) is 2.54. The number of aromatic amines is 1. The second-order valence-electron chi connectivity index (χ2n) is 7.35. The molecule has 132 valence electrons. The van der Waals surface area contributed by atoms with Gasteiger partial charge in [0.25, 0.3) is 0 Å². The molecule has 0 spiro atoms.